The Morgan fingerprint density at radius 3 is 2.44 bits per heavy atom. The maximum atomic E-state index is 15.3. The topological polar surface area (TPSA) is 104 Å². The lowest BCUT2D eigenvalue weighted by Gasteiger charge is -2.36. The second-order valence-electron chi connectivity index (χ2n) is 11.4. The highest BCUT2D eigenvalue weighted by molar-refractivity contribution is 7.89. The van der Waals surface area contributed by atoms with Crippen LogP contribution in [0.1, 0.15) is 35.4 Å². The molecule has 0 bridgehead atoms. The third-order valence-corrected chi connectivity index (χ3v) is 10.5. The molecule has 6 rings (SSSR count). The SMILES string of the molecule is O=C(C[C@@H](c1ccc(F)cc1)c1cc(F)cc(F)c1)Nc1cncc(F)c1C[C@@H]1C[C@]12CNCCN2S(=O)(=O)c1cccnc1. The van der Waals surface area contributed by atoms with E-state index in [1.54, 1.807) is 6.07 Å². The second-order valence-corrected chi connectivity index (χ2v) is 13.2. The van der Waals surface area contributed by atoms with Crippen molar-refractivity contribution < 1.29 is 30.8 Å². The Bertz CT molecular complexity index is 1810. The minimum Gasteiger partial charge on any atom is -0.324 e. The average Bonchev–Trinajstić information content (AvgIpc) is 3.69. The summed E-state index contributed by atoms with van der Waals surface area (Å²) in [7, 11) is -3.87. The quantitative estimate of drug-likeness (QED) is 0.256. The van der Waals surface area contributed by atoms with Gasteiger partial charge in [-0.15, -0.1) is 0 Å². The van der Waals surface area contributed by atoms with Crippen LogP contribution >= 0.6 is 0 Å². The first kappa shape index (κ1) is 30.8. The smallest absolute Gasteiger partial charge is 0.245 e. The number of amides is 1. The molecule has 2 aliphatic rings. The van der Waals surface area contributed by atoms with E-state index >= 15 is 4.39 Å². The molecule has 4 aromatic rings. The van der Waals surface area contributed by atoms with E-state index < -0.39 is 50.7 Å². The van der Waals surface area contributed by atoms with Crippen molar-refractivity contribution in [3.63, 3.8) is 0 Å². The Balaban J connectivity index is 1.24. The van der Waals surface area contributed by atoms with Crippen LogP contribution in [0, 0.1) is 29.2 Å². The largest absolute Gasteiger partial charge is 0.324 e. The van der Waals surface area contributed by atoms with Crippen LogP contribution in [0.4, 0.5) is 23.2 Å². The zero-order valence-corrected chi connectivity index (χ0v) is 24.7. The maximum Gasteiger partial charge on any atom is 0.245 e. The molecule has 2 N–H and O–H groups in total. The lowest BCUT2D eigenvalue weighted by atomic mass is 9.88. The highest BCUT2D eigenvalue weighted by atomic mass is 32.2. The van der Waals surface area contributed by atoms with E-state index in [0.717, 1.165) is 18.3 Å². The number of halogens is 4. The molecule has 8 nitrogen and oxygen atoms in total. The van der Waals surface area contributed by atoms with Crippen molar-refractivity contribution in [1.82, 2.24) is 19.6 Å². The van der Waals surface area contributed by atoms with Crippen LogP contribution in [0.15, 0.2) is 84.3 Å². The zero-order chi connectivity index (χ0) is 31.8. The first-order valence-corrected chi connectivity index (χ1v) is 15.8. The number of sulfonamides is 1. The number of carbonyl (C=O) groups excluding carboxylic acids is 1. The van der Waals surface area contributed by atoms with Gasteiger partial charge >= 0.3 is 0 Å². The number of aromatic nitrogens is 2. The van der Waals surface area contributed by atoms with Crippen LogP contribution in [0.5, 0.6) is 0 Å². The highest BCUT2D eigenvalue weighted by Crippen LogP contribution is 2.53. The maximum absolute atomic E-state index is 15.3. The van der Waals surface area contributed by atoms with Crippen LogP contribution in [0.3, 0.4) is 0 Å². The number of hydrogen-bond acceptors (Lipinski definition) is 6. The third kappa shape index (κ3) is 6.33. The number of carbonyl (C=O) groups is 1. The van der Waals surface area contributed by atoms with Gasteiger partial charge in [-0.3, -0.25) is 14.8 Å². The van der Waals surface area contributed by atoms with Crippen LogP contribution in [0.25, 0.3) is 0 Å². The van der Waals surface area contributed by atoms with Crippen LogP contribution in [-0.2, 0) is 21.2 Å². The number of nitrogens with one attached hydrogen (secondary N) is 2. The van der Waals surface area contributed by atoms with Crippen molar-refractivity contribution >= 4 is 21.6 Å². The van der Waals surface area contributed by atoms with Gasteiger partial charge in [0, 0.05) is 56.0 Å². The van der Waals surface area contributed by atoms with E-state index in [1.165, 1.54) is 53.2 Å². The molecule has 0 unspecified atom stereocenters. The molecule has 1 aliphatic carbocycles. The van der Waals surface area contributed by atoms with Crippen molar-refractivity contribution in [3.05, 3.63) is 119 Å². The van der Waals surface area contributed by atoms with Crippen LogP contribution in [-0.4, -0.2) is 53.8 Å². The molecule has 2 aromatic carbocycles. The monoisotopic (exact) mass is 639 g/mol. The number of rotatable bonds is 9. The van der Waals surface area contributed by atoms with Crippen molar-refractivity contribution in [2.75, 3.05) is 25.0 Å². The Kier molecular flexibility index (Phi) is 8.42. The van der Waals surface area contributed by atoms with Gasteiger partial charge in [0.05, 0.1) is 23.6 Å². The van der Waals surface area contributed by atoms with E-state index in [0.29, 0.717) is 31.1 Å². The van der Waals surface area contributed by atoms with Crippen molar-refractivity contribution in [2.24, 2.45) is 5.92 Å². The Labute approximate surface area is 257 Å². The van der Waals surface area contributed by atoms with Crippen molar-refractivity contribution in [3.8, 4) is 0 Å². The number of hydrogen-bond donors (Lipinski definition) is 2. The number of pyridine rings is 2. The van der Waals surface area contributed by atoms with Gasteiger partial charge in [-0.2, -0.15) is 4.31 Å². The summed E-state index contributed by atoms with van der Waals surface area (Å²) in [6.45, 7) is 1.08. The van der Waals surface area contributed by atoms with Crippen molar-refractivity contribution in [1.29, 1.82) is 0 Å². The fourth-order valence-electron chi connectivity index (χ4n) is 6.24. The minimum atomic E-state index is -3.87. The summed E-state index contributed by atoms with van der Waals surface area (Å²) in [5.74, 6) is -4.52. The van der Waals surface area contributed by atoms with Gasteiger partial charge in [-0.05, 0) is 66.3 Å². The molecule has 13 heteroatoms. The lowest BCUT2D eigenvalue weighted by Crippen LogP contribution is -2.56. The summed E-state index contributed by atoms with van der Waals surface area (Å²) in [6, 6.07) is 11.2. The molecule has 1 saturated carbocycles. The average molecular weight is 640 g/mol. The standard InChI is InChI=1S/C32H29F4N5O3S/c33-23-5-3-20(4-6-23)27(21-10-24(34)13-25(35)11-21)14-31(42)40-30-18-39-17-29(36)28(30)12-22-15-32(22)19-38-8-9-41(32)45(43,44)26-2-1-7-37-16-26/h1-7,10-11,13,16-18,22,27,38H,8-9,12,14-15,19H2,(H,40,42)/t22-,27+,32+/m1/s1. The molecule has 3 heterocycles. The third-order valence-electron chi connectivity index (χ3n) is 8.52. The first-order chi connectivity index (χ1) is 21.6. The number of piperazine rings is 1. The Morgan fingerprint density at radius 2 is 1.73 bits per heavy atom. The van der Waals surface area contributed by atoms with Gasteiger partial charge in [0.1, 0.15) is 28.2 Å². The molecular formula is C32H29F4N5O3S. The summed E-state index contributed by atoms with van der Waals surface area (Å²) in [5, 5.41) is 5.95. The summed E-state index contributed by atoms with van der Waals surface area (Å²) >= 11 is 0. The number of benzene rings is 2. The predicted octanol–water partition coefficient (Wildman–Crippen LogP) is 4.79. The Morgan fingerprint density at radius 1 is 0.978 bits per heavy atom. The van der Waals surface area contributed by atoms with Crippen LogP contribution in [0.2, 0.25) is 0 Å². The van der Waals surface area contributed by atoms with Crippen molar-refractivity contribution in [2.45, 2.75) is 35.6 Å². The molecule has 2 aromatic heterocycles. The van der Waals surface area contributed by atoms with Gasteiger partial charge in [0.2, 0.25) is 15.9 Å². The molecule has 0 radical (unpaired) electrons. The number of anilines is 1. The van der Waals surface area contributed by atoms with Gasteiger partial charge < -0.3 is 10.6 Å². The number of nitrogens with zero attached hydrogens (tertiary/aromatic N) is 3. The van der Waals surface area contributed by atoms with Gasteiger partial charge in [-0.25, -0.2) is 26.0 Å². The van der Waals surface area contributed by atoms with E-state index in [9.17, 15) is 26.4 Å². The van der Waals surface area contributed by atoms with E-state index in [4.69, 9.17) is 0 Å². The lowest BCUT2D eigenvalue weighted by molar-refractivity contribution is -0.116. The van der Waals surface area contributed by atoms with Gasteiger partial charge in [0.25, 0.3) is 0 Å². The minimum absolute atomic E-state index is 0.0776. The van der Waals surface area contributed by atoms with Gasteiger partial charge in [-0.1, -0.05) is 12.1 Å². The van der Waals surface area contributed by atoms with E-state index in [2.05, 4.69) is 20.6 Å². The highest BCUT2D eigenvalue weighted by Gasteiger charge is 2.62. The molecule has 234 valence electrons. The molecule has 1 aliphatic heterocycles. The van der Waals surface area contributed by atoms with E-state index in [1.807, 2.05) is 0 Å². The molecule has 1 saturated heterocycles. The Hall–Kier alpha value is -4.20. The summed E-state index contributed by atoms with van der Waals surface area (Å²) in [6.07, 6.45) is 5.44. The van der Waals surface area contributed by atoms with Gasteiger partial charge in [0.15, 0.2) is 0 Å². The normalized spacial score (nSPS) is 20.6. The van der Waals surface area contributed by atoms with E-state index in [-0.39, 0.29) is 47.0 Å². The molecular weight excluding hydrogens is 610 g/mol. The molecule has 3 atom stereocenters. The first-order valence-electron chi connectivity index (χ1n) is 14.3. The summed E-state index contributed by atoms with van der Waals surface area (Å²) in [4.78, 5) is 21.3. The predicted molar refractivity (Wildman–Crippen MR) is 158 cm³/mol. The molecule has 1 spiro atoms. The molecule has 2 fully saturated rings. The molecule has 45 heavy (non-hydrogen) atoms. The summed E-state index contributed by atoms with van der Waals surface area (Å²) in [5.41, 5.74) is 0.120. The molecule has 1 amide bonds. The fraction of sp³-hybridized carbons (Fsp3) is 0.281. The fourth-order valence-corrected chi connectivity index (χ4v) is 8.04. The summed E-state index contributed by atoms with van der Waals surface area (Å²) < 4.78 is 85.8. The van der Waals surface area contributed by atoms with Crippen LogP contribution < -0.4 is 10.6 Å². The zero-order valence-electron chi connectivity index (χ0n) is 23.9. The second kappa shape index (κ2) is 12.3.